The maximum atomic E-state index is 12.2. The fourth-order valence-electron chi connectivity index (χ4n) is 1.54. The molecule has 18 heavy (non-hydrogen) atoms. The second kappa shape index (κ2) is 5.52. The van der Waals surface area contributed by atoms with Crippen LogP contribution in [0.5, 0.6) is 5.75 Å². The predicted molar refractivity (Wildman–Crippen MR) is 59.1 cm³/mol. The smallest absolute Gasteiger partial charge is 0.387 e. The summed E-state index contributed by atoms with van der Waals surface area (Å²) in [6.07, 6.45) is 0.311. The zero-order valence-electron chi connectivity index (χ0n) is 9.78. The molecule has 0 fully saturated rings. The third kappa shape index (κ3) is 2.99. The van der Waals surface area contributed by atoms with Crippen LogP contribution >= 0.6 is 0 Å². The lowest BCUT2D eigenvalue weighted by atomic mass is 10.0. The molecule has 0 saturated carbocycles. The molecule has 98 valence electrons. The molecule has 0 N–H and O–H groups in total. The van der Waals surface area contributed by atoms with Gasteiger partial charge in [0.25, 0.3) is 5.69 Å². The Kier molecular flexibility index (Phi) is 4.30. The van der Waals surface area contributed by atoms with E-state index in [-0.39, 0.29) is 11.3 Å². The van der Waals surface area contributed by atoms with Crippen molar-refractivity contribution in [2.24, 2.45) is 0 Å². The van der Waals surface area contributed by atoms with E-state index in [9.17, 15) is 23.7 Å². The molecule has 0 saturated heterocycles. The minimum atomic E-state index is -3.14. The number of aryl methyl sites for hydroxylation is 1. The van der Waals surface area contributed by atoms with E-state index in [4.69, 9.17) is 0 Å². The maximum Gasteiger partial charge on any atom is 0.387 e. The minimum absolute atomic E-state index is 0.0854. The van der Waals surface area contributed by atoms with Gasteiger partial charge in [-0.05, 0) is 19.4 Å². The fourth-order valence-corrected chi connectivity index (χ4v) is 1.54. The number of hydrogen-bond donors (Lipinski definition) is 0. The summed E-state index contributed by atoms with van der Waals surface area (Å²) >= 11 is 0. The number of nitro benzene ring substituents is 1. The third-order valence-electron chi connectivity index (χ3n) is 2.35. The van der Waals surface area contributed by atoms with Gasteiger partial charge in [0.15, 0.2) is 5.78 Å². The summed E-state index contributed by atoms with van der Waals surface area (Å²) in [5.74, 6) is -0.961. The number of carbonyl (C=O) groups is 1. The number of benzene rings is 1. The first-order valence-corrected chi connectivity index (χ1v) is 5.13. The monoisotopic (exact) mass is 259 g/mol. The van der Waals surface area contributed by atoms with Crippen molar-refractivity contribution >= 4 is 11.5 Å². The second-order valence-corrected chi connectivity index (χ2v) is 3.52. The van der Waals surface area contributed by atoms with Gasteiger partial charge in [-0.1, -0.05) is 6.92 Å². The van der Waals surface area contributed by atoms with Gasteiger partial charge >= 0.3 is 6.61 Å². The molecule has 0 aliphatic rings. The Morgan fingerprint density at radius 3 is 2.50 bits per heavy atom. The van der Waals surface area contributed by atoms with Gasteiger partial charge in [-0.3, -0.25) is 14.9 Å². The standard InChI is InChI=1S/C11H11F2NO4/c1-3-7-4-8(6(2)15)10(18-11(12)13)5-9(7)14(16)17/h4-5,11H,3H2,1-2H3. The molecule has 0 aromatic heterocycles. The van der Waals surface area contributed by atoms with E-state index in [2.05, 4.69) is 4.74 Å². The molecule has 7 heteroatoms. The van der Waals surface area contributed by atoms with Gasteiger partial charge in [0, 0.05) is 5.56 Å². The molecule has 0 amide bonds. The van der Waals surface area contributed by atoms with Gasteiger partial charge < -0.3 is 4.74 Å². The molecular formula is C11H11F2NO4. The molecular weight excluding hydrogens is 248 g/mol. The summed E-state index contributed by atoms with van der Waals surface area (Å²) < 4.78 is 28.5. The van der Waals surface area contributed by atoms with Crippen LogP contribution in [0.2, 0.25) is 0 Å². The average molecular weight is 259 g/mol. The normalized spacial score (nSPS) is 10.5. The van der Waals surface area contributed by atoms with E-state index in [1.807, 2.05) is 0 Å². The number of alkyl halides is 2. The highest BCUT2D eigenvalue weighted by Crippen LogP contribution is 2.30. The first-order chi connectivity index (χ1) is 8.36. The second-order valence-electron chi connectivity index (χ2n) is 3.52. The predicted octanol–water partition coefficient (Wildman–Crippen LogP) is 2.96. The first-order valence-electron chi connectivity index (χ1n) is 5.13. The number of ether oxygens (including phenoxy) is 1. The highest BCUT2D eigenvalue weighted by Gasteiger charge is 2.21. The summed E-state index contributed by atoms with van der Waals surface area (Å²) in [7, 11) is 0. The van der Waals surface area contributed by atoms with E-state index in [1.165, 1.54) is 13.0 Å². The number of ketones is 1. The zero-order valence-corrected chi connectivity index (χ0v) is 9.78. The van der Waals surface area contributed by atoms with Crippen molar-refractivity contribution in [1.29, 1.82) is 0 Å². The lowest BCUT2D eigenvalue weighted by Gasteiger charge is -2.10. The van der Waals surface area contributed by atoms with Crippen molar-refractivity contribution in [3.63, 3.8) is 0 Å². The number of carbonyl (C=O) groups excluding carboxylic acids is 1. The highest BCUT2D eigenvalue weighted by molar-refractivity contribution is 5.97. The van der Waals surface area contributed by atoms with Crippen molar-refractivity contribution in [2.75, 3.05) is 0 Å². The zero-order chi connectivity index (χ0) is 13.9. The number of rotatable bonds is 5. The quantitative estimate of drug-likeness (QED) is 0.463. The van der Waals surface area contributed by atoms with E-state index < -0.39 is 23.1 Å². The molecule has 0 atom stereocenters. The number of hydrogen-bond acceptors (Lipinski definition) is 4. The summed E-state index contributed by atoms with van der Waals surface area (Å²) in [6.45, 7) is -0.297. The molecule has 1 rings (SSSR count). The van der Waals surface area contributed by atoms with Crippen LogP contribution in [0.1, 0.15) is 29.8 Å². The number of nitrogens with zero attached hydrogens (tertiary/aromatic N) is 1. The summed E-state index contributed by atoms with van der Waals surface area (Å²) in [4.78, 5) is 21.4. The summed E-state index contributed by atoms with van der Waals surface area (Å²) in [5.41, 5.74) is -0.122. The van der Waals surface area contributed by atoms with Crippen LogP contribution in [0.15, 0.2) is 12.1 Å². The van der Waals surface area contributed by atoms with Gasteiger partial charge in [0.1, 0.15) is 5.75 Å². The Hall–Kier alpha value is -2.05. The van der Waals surface area contributed by atoms with Crippen LogP contribution in [0.25, 0.3) is 0 Å². The van der Waals surface area contributed by atoms with Crippen LogP contribution < -0.4 is 4.74 Å². The van der Waals surface area contributed by atoms with Crippen LogP contribution in [0.3, 0.4) is 0 Å². The van der Waals surface area contributed by atoms with Crippen LogP contribution in [-0.2, 0) is 6.42 Å². The van der Waals surface area contributed by atoms with Crippen LogP contribution in [0, 0.1) is 10.1 Å². The van der Waals surface area contributed by atoms with Crippen molar-refractivity contribution < 1.29 is 23.2 Å². The Morgan fingerprint density at radius 1 is 1.50 bits per heavy atom. The molecule has 1 aromatic rings. The fraction of sp³-hybridized carbons (Fsp3) is 0.364. The summed E-state index contributed by atoms with van der Waals surface area (Å²) in [6, 6.07) is 2.08. The Labute approximate surface area is 102 Å². The molecule has 0 spiro atoms. The van der Waals surface area contributed by atoms with Gasteiger partial charge in [-0.15, -0.1) is 0 Å². The lowest BCUT2D eigenvalue weighted by Crippen LogP contribution is -2.08. The van der Waals surface area contributed by atoms with Crippen molar-refractivity contribution in [3.05, 3.63) is 33.4 Å². The topological polar surface area (TPSA) is 69.4 Å². The Bertz CT molecular complexity index is 488. The number of nitro groups is 1. The van der Waals surface area contributed by atoms with E-state index in [1.54, 1.807) is 6.92 Å². The maximum absolute atomic E-state index is 12.2. The van der Waals surface area contributed by atoms with E-state index >= 15 is 0 Å². The van der Waals surface area contributed by atoms with Gasteiger partial charge in [-0.25, -0.2) is 0 Å². The molecule has 0 aliphatic carbocycles. The molecule has 0 unspecified atom stereocenters. The van der Waals surface area contributed by atoms with E-state index in [0.717, 1.165) is 6.07 Å². The van der Waals surface area contributed by atoms with Gasteiger partial charge in [-0.2, -0.15) is 8.78 Å². The Balaban J connectivity index is 3.42. The Morgan fingerprint density at radius 2 is 2.11 bits per heavy atom. The molecule has 1 aromatic carbocycles. The van der Waals surface area contributed by atoms with Gasteiger partial charge in [0.2, 0.25) is 0 Å². The molecule has 0 radical (unpaired) electrons. The number of halogens is 2. The third-order valence-corrected chi connectivity index (χ3v) is 2.35. The summed E-state index contributed by atoms with van der Waals surface area (Å²) in [5, 5.41) is 10.8. The largest absolute Gasteiger partial charge is 0.434 e. The SMILES string of the molecule is CCc1cc(C(C)=O)c(OC(F)F)cc1[N+](=O)[O-]. The van der Waals surface area contributed by atoms with Crippen LogP contribution in [-0.4, -0.2) is 17.3 Å². The lowest BCUT2D eigenvalue weighted by molar-refractivity contribution is -0.385. The van der Waals surface area contributed by atoms with Crippen molar-refractivity contribution in [2.45, 2.75) is 26.9 Å². The van der Waals surface area contributed by atoms with Crippen molar-refractivity contribution in [1.82, 2.24) is 0 Å². The minimum Gasteiger partial charge on any atom is -0.434 e. The average Bonchev–Trinajstić information content (AvgIpc) is 2.27. The van der Waals surface area contributed by atoms with Crippen LogP contribution in [0.4, 0.5) is 14.5 Å². The molecule has 0 bridgehead atoms. The molecule has 0 aliphatic heterocycles. The highest BCUT2D eigenvalue weighted by atomic mass is 19.3. The van der Waals surface area contributed by atoms with E-state index in [0.29, 0.717) is 12.0 Å². The van der Waals surface area contributed by atoms with Crippen molar-refractivity contribution in [3.8, 4) is 5.75 Å². The molecule has 5 nitrogen and oxygen atoms in total. The van der Waals surface area contributed by atoms with Gasteiger partial charge in [0.05, 0.1) is 16.6 Å². The number of Topliss-reactive ketones (excluding diaryl/α,β-unsaturated/α-hetero) is 1. The molecule has 0 heterocycles. The first kappa shape index (κ1) is 14.0.